The highest BCUT2D eigenvalue weighted by atomic mass is 16.2. The van der Waals surface area contributed by atoms with Gasteiger partial charge in [0.25, 0.3) is 5.56 Å². The summed E-state index contributed by atoms with van der Waals surface area (Å²) in [7, 11) is 1.47. The Labute approximate surface area is 194 Å². The van der Waals surface area contributed by atoms with Crippen LogP contribution in [-0.2, 0) is 20.0 Å². The van der Waals surface area contributed by atoms with Gasteiger partial charge in [0.15, 0.2) is 11.2 Å². The van der Waals surface area contributed by atoms with Crippen LogP contribution in [0.25, 0.3) is 33.7 Å². The lowest BCUT2D eigenvalue weighted by atomic mass is 9.98. The van der Waals surface area contributed by atoms with Crippen molar-refractivity contribution in [1.29, 1.82) is 0 Å². The lowest BCUT2D eigenvalue weighted by Crippen LogP contribution is -2.33. The topological polar surface area (TPSA) is 127 Å². The Balaban J connectivity index is 1.53. The van der Waals surface area contributed by atoms with Gasteiger partial charge in [-0.05, 0) is 28.3 Å². The van der Waals surface area contributed by atoms with E-state index in [1.807, 2.05) is 53.1 Å². The summed E-state index contributed by atoms with van der Waals surface area (Å²) in [5, 5.41) is 14.4. The standard InChI is InChI=1S/C24H24N8O2/c1-3-4-9-19-25-22-20(23(33)31(2)24(34)26-22)32(19)14-15-10-12-16(13-11-15)17-7-5-6-8-18(17)21-27-29-30-28-21/h5-8,10-13H,3-4,9,14H2,1-2H3,(H,26,34)(H,27,28,29,30). The second-order valence-electron chi connectivity index (χ2n) is 8.19. The van der Waals surface area contributed by atoms with E-state index in [2.05, 4.69) is 37.5 Å². The van der Waals surface area contributed by atoms with E-state index in [-0.39, 0.29) is 5.56 Å². The summed E-state index contributed by atoms with van der Waals surface area (Å²) in [5.74, 6) is 1.33. The van der Waals surface area contributed by atoms with Gasteiger partial charge in [-0.3, -0.25) is 14.3 Å². The number of H-pyrrole nitrogens is 2. The van der Waals surface area contributed by atoms with Gasteiger partial charge in [0.2, 0.25) is 5.82 Å². The number of imidazole rings is 1. The number of aromatic amines is 2. The minimum absolute atomic E-state index is 0.338. The Morgan fingerprint density at radius 1 is 1.00 bits per heavy atom. The van der Waals surface area contributed by atoms with Crippen molar-refractivity contribution >= 4 is 11.2 Å². The fourth-order valence-electron chi connectivity index (χ4n) is 4.11. The van der Waals surface area contributed by atoms with Gasteiger partial charge in [-0.2, -0.15) is 5.21 Å². The molecule has 0 spiro atoms. The number of aryl methyl sites for hydroxylation is 1. The highest BCUT2D eigenvalue weighted by Gasteiger charge is 2.17. The Morgan fingerprint density at radius 3 is 2.47 bits per heavy atom. The predicted octanol–water partition coefficient (Wildman–Crippen LogP) is 2.66. The number of tetrazole rings is 1. The van der Waals surface area contributed by atoms with Crippen LogP contribution in [0.3, 0.4) is 0 Å². The number of benzene rings is 2. The highest BCUT2D eigenvalue weighted by Crippen LogP contribution is 2.30. The normalized spacial score (nSPS) is 11.4. The Bertz CT molecular complexity index is 1560. The SMILES string of the molecule is CCCCc1nc2[nH]c(=O)n(C)c(=O)c2n1Cc1ccc(-c2ccccc2-c2nn[nH]n2)cc1. The number of hydrogen-bond acceptors (Lipinski definition) is 6. The molecule has 0 saturated heterocycles. The van der Waals surface area contributed by atoms with Crippen molar-refractivity contribution in [1.82, 2.24) is 39.7 Å². The maximum absolute atomic E-state index is 12.9. The molecule has 2 N–H and O–H groups in total. The fraction of sp³-hybridized carbons (Fsp3) is 0.250. The number of nitrogens with one attached hydrogen (secondary N) is 2. The molecule has 0 aliphatic rings. The summed E-state index contributed by atoms with van der Waals surface area (Å²) >= 11 is 0. The zero-order valence-corrected chi connectivity index (χ0v) is 18.9. The highest BCUT2D eigenvalue weighted by molar-refractivity contribution is 5.80. The number of unbranched alkanes of at least 4 members (excludes halogenated alkanes) is 1. The van der Waals surface area contributed by atoms with E-state index in [0.717, 1.165) is 51.9 Å². The average molecular weight is 457 g/mol. The first-order valence-corrected chi connectivity index (χ1v) is 11.2. The van der Waals surface area contributed by atoms with Crippen LogP contribution in [0.1, 0.15) is 31.2 Å². The van der Waals surface area contributed by atoms with Crippen LogP contribution >= 0.6 is 0 Å². The minimum atomic E-state index is -0.464. The third-order valence-corrected chi connectivity index (χ3v) is 5.96. The third kappa shape index (κ3) is 3.83. The predicted molar refractivity (Wildman–Crippen MR) is 128 cm³/mol. The Hall–Kier alpha value is -4.34. The van der Waals surface area contributed by atoms with Gasteiger partial charge in [-0.1, -0.05) is 61.9 Å². The molecule has 34 heavy (non-hydrogen) atoms. The summed E-state index contributed by atoms with van der Waals surface area (Å²) in [6.45, 7) is 2.59. The molecule has 3 aromatic heterocycles. The van der Waals surface area contributed by atoms with Gasteiger partial charge in [-0.25, -0.2) is 9.78 Å². The molecule has 0 fully saturated rings. The molecule has 0 unspecified atom stereocenters. The molecule has 0 bridgehead atoms. The van der Waals surface area contributed by atoms with Gasteiger partial charge >= 0.3 is 5.69 Å². The van der Waals surface area contributed by atoms with Crippen molar-refractivity contribution in [3.05, 3.63) is 80.8 Å². The van der Waals surface area contributed by atoms with E-state index in [1.54, 1.807) is 0 Å². The van der Waals surface area contributed by atoms with Crippen molar-refractivity contribution < 1.29 is 0 Å². The van der Waals surface area contributed by atoms with E-state index in [9.17, 15) is 9.59 Å². The second kappa shape index (κ2) is 8.89. The number of hydrogen-bond donors (Lipinski definition) is 2. The molecule has 0 amide bonds. The van der Waals surface area contributed by atoms with E-state index >= 15 is 0 Å². The second-order valence-corrected chi connectivity index (χ2v) is 8.19. The fourth-order valence-corrected chi connectivity index (χ4v) is 4.11. The maximum Gasteiger partial charge on any atom is 0.329 e. The van der Waals surface area contributed by atoms with Crippen molar-refractivity contribution in [2.24, 2.45) is 7.05 Å². The van der Waals surface area contributed by atoms with E-state index < -0.39 is 5.69 Å². The zero-order valence-electron chi connectivity index (χ0n) is 18.9. The Kier molecular flexibility index (Phi) is 5.62. The molecule has 0 atom stereocenters. The lowest BCUT2D eigenvalue weighted by Gasteiger charge is -2.11. The average Bonchev–Trinajstić information content (AvgIpc) is 3.50. The van der Waals surface area contributed by atoms with Crippen molar-refractivity contribution in [3.63, 3.8) is 0 Å². The molecule has 5 rings (SSSR count). The Morgan fingerprint density at radius 2 is 1.76 bits per heavy atom. The van der Waals surface area contributed by atoms with Crippen molar-refractivity contribution in [2.45, 2.75) is 32.7 Å². The molecule has 10 nitrogen and oxygen atoms in total. The number of nitrogens with zero attached hydrogens (tertiary/aromatic N) is 6. The molecular weight excluding hydrogens is 432 g/mol. The number of rotatable bonds is 7. The molecule has 0 radical (unpaired) electrons. The molecule has 10 heteroatoms. The molecule has 3 heterocycles. The molecule has 0 aliphatic heterocycles. The van der Waals surface area contributed by atoms with E-state index in [1.165, 1.54) is 7.05 Å². The van der Waals surface area contributed by atoms with Crippen LogP contribution in [0.2, 0.25) is 0 Å². The first-order valence-electron chi connectivity index (χ1n) is 11.2. The van der Waals surface area contributed by atoms with Gasteiger partial charge in [0.05, 0.1) is 0 Å². The summed E-state index contributed by atoms with van der Waals surface area (Å²) in [6.07, 6.45) is 2.68. The van der Waals surface area contributed by atoms with E-state index in [4.69, 9.17) is 0 Å². The van der Waals surface area contributed by atoms with Gasteiger partial charge < -0.3 is 4.57 Å². The summed E-state index contributed by atoms with van der Waals surface area (Å²) in [5.41, 5.74) is 3.87. The molecule has 0 saturated carbocycles. The van der Waals surface area contributed by atoms with Crippen LogP contribution < -0.4 is 11.2 Å². The van der Waals surface area contributed by atoms with Crippen LogP contribution in [0.15, 0.2) is 58.1 Å². The molecule has 0 aliphatic carbocycles. The summed E-state index contributed by atoms with van der Waals surface area (Å²) < 4.78 is 3.01. The first kappa shape index (κ1) is 21.5. The third-order valence-electron chi connectivity index (χ3n) is 5.96. The largest absolute Gasteiger partial charge is 0.329 e. The van der Waals surface area contributed by atoms with Gasteiger partial charge in [0.1, 0.15) is 5.82 Å². The number of aromatic nitrogens is 8. The maximum atomic E-state index is 12.9. The molecule has 2 aromatic carbocycles. The van der Waals surface area contributed by atoms with E-state index in [0.29, 0.717) is 23.5 Å². The van der Waals surface area contributed by atoms with Gasteiger partial charge in [-0.15, -0.1) is 10.2 Å². The van der Waals surface area contributed by atoms with Crippen LogP contribution in [-0.4, -0.2) is 39.7 Å². The van der Waals surface area contributed by atoms with Crippen LogP contribution in [0, 0.1) is 0 Å². The van der Waals surface area contributed by atoms with Crippen molar-refractivity contribution in [2.75, 3.05) is 0 Å². The quantitative estimate of drug-likeness (QED) is 0.388. The zero-order chi connectivity index (χ0) is 23.7. The first-order chi connectivity index (χ1) is 16.6. The summed E-state index contributed by atoms with van der Waals surface area (Å²) in [6, 6.07) is 16.0. The molecule has 172 valence electrons. The molecular formula is C24H24N8O2. The monoisotopic (exact) mass is 456 g/mol. The minimum Gasteiger partial charge on any atom is -0.318 e. The number of fused-ring (bicyclic) bond motifs is 1. The van der Waals surface area contributed by atoms with Gasteiger partial charge in [0, 0.05) is 25.6 Å². The smallest absolute Gasteiger partial charge is 0.318 e. The lowest BCUT2D eigenvalue weighted by molar-refractivity contribution is 0.686. The molecule has 5 aromatic rings. The van der Waals surface area contributed by atoms with Crippen LogP contribution in [0.4, 0.5) is 0 Å². The van der Waals surface area contributed by atoms with Crippen LogP contribution in [0.5, 0.6) is 0 Å². The summed E-state index contributed by atoms with van der Waals surface area (Å²) in [4.78, 5) is 32.3. The van der Waals surface area contributed by atoms with Crippen molar-refractivity contribution in [3.8, 4) is 22.5 Å².